The van der Waals surface area contributed by atoms with Gasteiger partial charge in [-0.15, -0.1) is 0 Å². The third-order valence-corrected chi connectivity index (χ3v) is 8.61. The van der Waals surface area contributed by atoms with Gasteiger partial charge in [-0.05, 0) is 62.3 Å². The number of carbonyl (C=O) groups excluding carboxylic acids is 4. The number of nitrogens with zero attached hydrogens (tertiary/aromatic N) is 2. The fourth-order valence-electron chi connectivity index (χ4n) is 6.13. The standard InChI is InChI=1S/C26H34ClN5O5.C9H12/c1-26(2,3)37-25(36)32-12-16-11-31(14-20(19(16)13-32)24(35)30-10-22(33)28-4)23(34)7-15-9-29-21-8-17(27)5-6-18(15)21;1-2-6-9-7-4-3-5-8-9/h5-6,8-9,16,19-20,29H,7,10-14H2,1-4H3,(H,28,33)(H,30,35);3-5,7-8H,2,6H2,1H3. The maximum atomic E-state index is 13.4. The second-order valence-corrected chi connectivity index (χ2v) is 13.5. The number of aryl methyl sites for hydroxylation is 1. The number of carbonyl (C=O) groups is 4. The lowest BCUT2D eigenvalue weighted by molar-refractivity contribution is -0.139. The second-order valence-electron chi connectivity index (χ2n) is 13.0. The first-order valence-corrected chi connectivity index (χ1v) is 16.3. The zero-order chi connectivity index (χ0) is 33.4. The molecule has 2 aromatic carbocycles. The van der Waals surface area contributed by atoms with Crippen LogP contribution in [-0.2, 0) is 32.0 Å². The van der Waals surface area contributed by atoms with Crippen LogP contribution in [0.25, 0.3) is 10.9 Å². The van der Waals surface area contributed by atoms with Gasteiger partial charge in [-0.25, -0.2) is 4.79 Å². The summed E-state index contributed by atoms with van der Waals surface area (Å²) in [5.74, 6) is -1.49. The first kappa shape index (κ1) is 34.8. The molecule has 2 aliphatic heterocycles. The lowest BCUT2D eigenvalue weighted by Crippen LogP contribution is -2.54. The van der Waals surface area contributed by atoms with Gasteiger partial charge < -0.3 is 30.2 Å². The van der Waals surface area contributed by atoms with Gasteiger partial charge in [-0.3, -0.25) is 14.4 Å². The summed E-state index contributed by atoms with van der Waals surface area (Å²) in [5, 5.41) is 6.70. The maximum absolute atomic E-state index is 13.4. The third kappa shape index (κ3) is 9.25. The Hall–Kier alpha value is -4.05. The number of likely N-dealkylation sites (N-methyl/N-ethyl adjacent to an activating group) is 1. The van der Waals surface area contributed by atoms with Crippen molar-refractivity contribution in [3.8, 4) is 0 Å². The third-order valence-electron chi connectivity index (χ3n) is 8.38. The smallest absolute Gasteiger partial charge is 0.410 e. The summed E-state index contributed by atoms with van der Waals surface area (Å²) in [6.45, 7) is 8.90. The number of benzene rings is 2. The normalized spacial score (nSPS) is 19.1. The highest BCUT2D eigenvalue weighted by Crippen LogP contribution is 2.36. The first-order chi connectivity index (χ1) is 21.9. The van der Waals surface area contributed by atoms with Crippen LogP contribution in [0.15, 0.2) is 54.7 Å². The van der Waals surface area contributed by atoms with E-state index in [9.17, 15) is 19.2 Å². The Morgan fingerprint density at radius 1 is 1.00 bits per heavy atom. The van der Waals surface area contributed by atoms with Crippen molar-refractivity contribution in [1.82, 2.24) is 25.4 Å². The molecule has 248 valence electrons. The van der Waals surface area contributed by atoms with Crippen LogP contribution in [0.4, 0.5) is 4.79 Å². The quantitative estimate of drug-likeness (QED) is 0.339. The van der Waals surface area contributed by atoms with Crippen molar-refractivity contribution >= 4 is 46.3 Å². The summed E-state index contributed by atoms with van der Waals surface area (Å²) in [5.41, 5.74) is 2.51. The summed E-state index contributed by atoms with van der Waals surface area (Å²) in [4.78, 5) is 57.6. The molecular weight excluding hydrogens is 606 g/mol. The molecule has 0 spiro atoms. The number of amides is 4. The number of likely N-dealkylation sites (tertiary alicyclic amines) is 2. The molecular formula is C35H46ClN5O5. The zero-order valence-corrected chi connectivity index (χ0v) is 28.2. The minimum atomic E-state index is -0.638. The van der Waals surface area contributed by atoms with E-state index in [4.69, 9.17) is 16.3 Å². The van der Waals surface area contributed by atoms with Crippen molar-refractivity contribution in [2.75, 3.05) is 39.8 Å². The topological polar surface area (TPSA) is 124 Å². The van der Waals surface area contributed by atoms with E-state index < -0.39 is 17.6 Å². The highest BCUT2D eigenvalue weighted by Gasteiger charge is 2.48. The molecule has 1 aromatic heterocycles. The number of aromatic amines is 1. The Bertz CT molecular complexity index is 1520. The van der Waals surface area contributed by atoms with Gasteiger partial charge in [-0.2, -0.15) is 0 Å². The van der Waals surface area contributed by atoms with Crippen molar-refractivity contribution in [2.45, 2.75) is 52.6 Å². The fourth-order valence-corrected chi connectivity index (χ4v) is 6.30. The molecule has 11 heteroatoms. The summed E-state index contributed by atoms with van der Waals surface area (Å²) in [6, 6.07) is 16.1. The van der Waals surface area contributed by atoms with E-state index >= 15 is 0 Å². The van der Waals surface area contributed by atoms with Gasteiger partial charge in [0.1, 0.15) is 5.60 Å². The monoisotopic (exact) mass is 651 g/mol. The van der Waals surface area contributed by atoms with E-state index in [0.29, 0.717) is 24.7 Å². The van der Waals surface area contributed by atoms with E-state index in [1.165, 1.54) is 25.5 Å². The molecule has 4 amide bonds. The van der Waals surface area contributed by atoms with Gasteiger partial charge in [0.25, 0.3) is 0 Å². The number of hydrogen-bond acceptors (Lipinski definition) is 5. The Labute approximate surface area is 276 Å². The molecule has 0 bridgehead atoms. The number of aromatic nitrogens is 1. The molecule has 2 fully saturated rings. The number of H-pyrrole nitrogens is 1. The van der Waals surface area contributed by atoms with E-state index in [1.807, 2.05) is 32.9 Å². The molecule has 3 heterocycles. The largest absolute Gasteiger partial charge is 0.444 e. The number of fused-ring (bicyclic) bond motifs is 2. The van der Waals surface area contributed by atoms with Crippen molar-refractivity contribution in [2.24, 2.45) is 17.8 Å². The molecule has 3 atom stereocenters. The molecule has 3 aromatic rings. The molecule has 0 saturated carbocycles. The van der Waals surface area contributed by atoms with Gasteiger partial charge in [0.15, 0.2) is 0 Å². The molecule has 0 aliphatic carbocycles. The van der Waals surface area contributed by atoms with Gasteiger partial charge in [0, 0.05) is 55.3 Å². The van der Waals surface area contributed by atoms with E-state index in [1.54, 1.807) is 22.1 Å². The number of rotatable bonds is 7. The van der Waals surface area contributed by atoms with E-state index in [0.717, 1.165) is 16.5 Å². The van der Waals surface area contributed by atoms with Crippen LogP contribution < -0.4 is 10.6 Å². The van der Waals surface area contributed by atoms with Gasteiger partial charge >= 0.3 is 6.09 Å². The second kappa shape index (κ2) is 15.5. The number of halogens is 1. The van der Waals surface area contributed by atoms with Crippen LogP contribution in [0.1, 0.15) is 45.2 Å². The van der Waals surface area contributed by atoms with Crippen LogP contribution in [0, 0.1) is 17.8 Å². The minimum Gasteiger partial charge on any atom is -0.444 e. The minimum absolute atomic E-state index is 0.0808. The SMILES string of the molecule is CCCc1ccccc1.CNC(=O)CNC(=O)C1CN(C(=O)Cc2c[nH]c3cc(Cl)ccc23)CC2CN(C(=O)OC(C)(C)C)CC21. The number of ether oxygens (including phenoxy) is 1. The molecule has 0 radical (unpaired) electrons. The van der Waals surface area contributed by atoms with Crippen molar-refractivity contribution in [3.63, 3.8) is 0 Å². The number of hydrogen-bond donors (Lipinski definition) is 3. The highest BCUT2D eigenvalue weighted by atomic mass is 35.5. The molecule has 3 N–H and O–H groups in total. The van der Waals surface area contributed by atoms with Crippen molar-refractivity contribution in [3.05, 3.63) is 70.9 Å². The predicted octanol–water partition coefficient (Wildman–Crippen LogP) is 4.81. The average molecular weight is 652 g/mol. The Morgan fingerprint density at radius 3 is 2.39 bits per heavy atom. The average Bonchev–Trinajstić information content (AvgIpc) is 3.63. The summed E-state index contributed by atoms with van der Waals surface area (Å²) in [7, 11) is 1.50. The maximum Gasteiger partial charge on any atom is 0.410 e. The Morgan fingerprint density at radius 2 is 1.72 bits per heavy atom. The Balaban J connectivity index is 0.000000459. The predicted molar refractivity (Wildman–Crippen MR) is 179 cm³/mol. The van der Waals surface area contributed by atoms with E-state index in [-0.39, 0.29) is 49.1 Å². The summed E-state index contributed by atoms with van der Waals surface area (Å²) in [6.07, 6.45) is 3.99. The highest BCUT2D eigenvalue weighted by molar-refractivity contribution is 6.31. The van der Waals surface area contributed by atoms with Gasteiger partial charge in [-0.1, -0.05) is 61.3 Å². The molecule has 3 unspecified atom stereocenters. The fraction of sp³-hybridized carbons (Fsp3) is 0.486. The number of piperidine rings is 1. The molecule has 2 aliphatic rings. The Kier molecular flexibility index (Phi) is 11.7. The molecule has 46 heavy (non-hydrogen) atoms. The number of nitrogens with one attached hydrogen (secondary N) is 3. The summed E-state index contributed by atoms with van der Waals surface area (Å²) >= 11 is 6.08. The van der Waals surface area contributed by atoms with Crippen molar-refractivity contribution < 1.29 is 23.9 Å². The summed E-state index contributed by atoms with van der Waals surface area (Å²) < 4.78 is 5.55. The lowest BCUT2D eigenvalue weighted by atomic mass is 9.79. The first-order valence-electron chi connectivity index (χ1n) is 15.9. The lowest BCUT2D eigenvalue weighted by Gasteiger charge is -2.39. The molecule has 10 nitrogen and oxygen atoms in total. The van der Waals surface area contributed by atoms with Gasteiger partial charge in [0.05, 0.1) is 18.9 Å². The van der Waals surface area contributed by atoms with Gasteiger partial charge in [0.2, 0.25) is 17.7 Å². The van der Waals surface area contributed by atoms with E-state index in [2.05, 4.69) is 52.9 Å². The molecule has 5 rings (SSSR count). The van der Waals surface area contributed by atoms with Crippen LogP contribution in [0.5, 0.6) is 0 Å². The van der Waals surface area contributed by atoms with Crippen LogP contribution in [0.3, 0.4) is 0 Å². The molecule has 2 saturated heterocycles. The van der Waals surface area contributed by atoms with Crippen molar-refractivity contribution in [1.29, 1.82) is 0 Å². The van der Waals surface area contributed by atoms with Crippen LogP contribution in [-0.4, -0.2) is 84.0 Å². The zero-order valence-electron chi connectivity index (χ0n) is 27.4. The van der Waals surface area contributed by atoms with Crippen LogP contribution in [0.2, 0.25) is 5.02 Å². The van der Waals surface area contributed by atoms with Crippen LogP contribution >= 0.6 is 11.6 Å².